The Labute approximate surface area is 253 Å². The molecular formula is C28H40N8O8. The maximum absolute atomic E-state index is 12.5. The van der Waals surface area contributed by atoms with Gasteiger partial charge >= 0.3 is 0 Å². The van der Waals surface area contributed by atoms with Gasteiger partial charge in [-0.25, -0.2) is 15.0 Å². The summed E-state index contributed by atoms with van der Waals surface area (Å²) < 4.78 is 5.73. The molecule has 1 fully saturated rings. The highest BCUT2D eigenvalue weighted by molar-refractivity contribution is 6.12. The van der Waals surface area contributed by atoms with Crippen LogP contribution in [0.25, 0.3) is 11.2 Å². The van der Waals surface area contributed by atoms with E-state index in [0.29, 0.717) is 24.1 Å². The van der Waals surface area contributed by atoms with Crippen LogP contribution < -0.4 is 16.0 Å². The molecule has 2 aromatic heterocycles. The van der Waals surface area contributed by atoms with Crippen molar-refractivity contribution in [1.29, 1.82) is 0 Å². The molecule has 5 atom stereocenters. The summed E-state index contributed by atoms with van der Waals surface area (Å²) in [5, 5.41) is 39.2. The normalized spacial score (nSPS) is 23.3. The fourth-order valence-electron chi connectivity index (χ4n) is 5.20. The molecule has 16 nitrogen and oxygen atoms in total. The Morgan fingerprint density at radius 1 is 0.909 bits per heavy atom. The quantitative estimate of drug-likeness (QED) is 0.0859. The van der Waals surface area contributed by atoms with Crippen LogP contribution in [0.4, 0.5) is 5.82 Å². The van der Waals surface area contributed by atoms with Crippen molar-refractivity contribution in [2.24, 2.45) is 0 Å². The van der Waals surface area contributed by atoms with Crippen LogP contribution in [-0.2, 0) is 23.9 Å². The molecule has 0 bridgehead atoms. The summed E-state index contributed by atoms with van der Waals surface area (Å²) in [5.41, 5.74) is 0.844. The first-order chi connectivity index (χ1) is 21.3. The van der Waals surface area contributed by atoms with E-state index in [2.05, 4.69) is 35.9 Å². The predicted molar refractivity (Wildman–Crippen MR) is 155 cm³/mol. The molecule has 0 aromatic carbocycles. The SMILES string of the molecule is O=C(CCCCCCCCCCN1C(=O)C=CC1=O)NCC(=O)N[C@@H]1[C@@H](O)[C@H](O)C(Nc2ncnc3nc[nH]c23)O[C@H]1CO. The minimum atomic E-state index is -1.49. The number of hydrogen-bond acceptors (Lipinski definition) is 12. The molecule has 2 aliphatic heterocycles. The number of H-pyrrole nitrogens is 1. The van der Waals surface area contributed by atoms with Crippen molar-refractivity contribution < 1.29 is 39.2 Å². The van der Waals surface area contributed by atoms with Crippen molar-refractivity contribution in [1.82, 2.24) is 35.5 Å². The number of imidazole rings is 1. The van der Waals surface area contributed by atoms with Gasteiger partial charge in [-0.15, -0.1) is 0 Å². The Morgan fingerprint density at radius 2 is 1.59 bits per heavy atom. The third-order valence-corrected chi connectivity index (χ3v) is 7.64. The summed E-state index contributed by atoms with van der Waals surface area (Å²) in [7, 11) is 0. The molecule has 44 heavy (non-hydrogen) atoms. The maximum Gasteiger partial charge on any atom is 0.253 e. The molecule has 4 heterocycles. The van der Waals surface area contributed by atoms with Crippen LogP contribution in [0, 0.1) is 0 Å². The van der Waals surface area contributed by atoms with E-state index in [1.54, 1.807) is 0 Å². The second kappa shape index (κ2) is 16.2. The number of carbonyl (C=O) groups excluding carboxylic acids is 4. The number of imide groups is 1. The van der Waals surface area contributed by atoms with Gasteiger partial charge in [0.1, 0.15) is 30.2 Å². The molecule has 240 valence electrons. The van der Waals surface area contributed by atoms with Crippen LogP contribution in [0.2, 0.25) is 0 Å². The van der Waals surface area contributed by atoms with E-state index in [1.807, 2.05) is 0 Å². The molecule has 1 saturated heterocycles. The number of amides is 4. The van der Waals surface area contributed by atoms with E-state index in [-0.39, 0.29) is 36.5 Å². The van der Waals surface area contributed by atoms with Crippen molar-refractivity contribution in [3.63, 3.8) is 0 Å². The Morgan fingerprint density at radius 3 is 2.30 bits per heavy atom. The monoisotopic (exact) mass is 616 g/mol. The van der Waals surface area contributed by atoms with Crippen molar-refractivity contribution >= 4 is 40.6 Å². The molecule has 2 aliphatic rings. The summed E-state index contributed by atoms with van der Waals surface area (Å²) in [4.78, 5) is 64.0. The number of nitrogens with zero attached hydrogens (tertiary/aromatic N) is 4. The predicted octanol–water partition coefficient (Wildman–Crippen LogP) is -0.759. The Kier molecular flexibility index (Phi) is 12.1. The van der Waals surface area contributed by atoms with Crippen molar-refractivity contribution in [2.75, 3.05) is 25.0 Å². The molecule has 4 rings (SSSR count). The van der Waals surface area contributed by atoms with Gasteiger partial charge in [-0.05, 0) is 12.8 Å². The van der Waals surface area contributed by atoms with Crippen molar-refractivity contribution in [3.8, 4) is 0 Å². The van der Waals surface area contributed by atoms with Gasteiger partial charge in [0.15, 0.2) is 17.7 Å². The van der Waals surface area contributed by atoms with E-state index < -0.39 is 43.1 Å². The third kappa shape index (κ3) is 8.78. The highest BCUT2D eigenvalue weighted by atomic mass is 16.5. The Bertz CT molecular complexity index is 1300. The van der Waals surface area contributed by atoms with Gasteiger partial charge in [-0.1, -0.05) is 38.5 Å². The Hall–Kier alpha value is -3.99. The number of ether oxygens (including phenoxy) is 1. The van der Waals surface area contributed by atoms with Gasteiger partial charge < -0.3 is 41.0 Å². The second-order valence-electron chi connectivity index (χ2n) is 10.8. The molecule has 0 saturated carbocycles. The van der Waals surface area contributed by atoms with Crippen molar-refractivity contribution in [2.45, 2.75) is 88.4 Å². The zero-order chi connectivity index (χ0) is 31.5. The summed E-state index contributed by atoms with van der Waals surface area (Å²) in [5.74, 6) is -1.10. The lowest BCUT2D eigenvalue weighted by Crippen LogP contribution is -2.66. The lowest BCUT2D eigenvalue weighted by atomic mass is 9.95. The fraction of sp³-hybridized carbons (Fsp3) is 0.607. The number of nitrogens with one attached hydrogen (secondary N) is 4. The highest BCUT2D eigenvalue weighted by Gasteiger charge is 2.45. The number of rotatable bonds is 17. The minimum absolute atomic E-state index is 0.244. The van der Waals surface area contributed by atoms with Gasteiger partial charge in [-0.3, -0.25) is 24.1 Å². The standard InChI is InChI=1S/C28H40N8O8/c37-14-17-22(24(42)25(43)28(44-17)35-27-23-26(31-15-30-23)32-16-33-27)34-19(39)13-29-18(38)9-7-5-3-1-2-4-6-8-12-36-20(40)10-11-21(36)41/h10-11,15-17,22,24-25,28,37,42-43H,1-9,12-14H2,(H,29,38)(H,34,39)(H2,30,31,32,33,35)/t17-,22-,24+,25-,28?/m0/s1. The summed E-state index contributed by atoms with van der Waals surface area (Å²) >= 11 is 0. The Balaban J connectivity index is 1.07. The van der Waals surface area contributed by atoms with E-state index in [4.69, 9.17) is 4.74 Å². The first-order valence-electron chi connectivity index (χ1n) is 14.9. The fourth-order valence-corrected chi connectivity index (χ4v) is 5.20. The summed E-state index contributed by atoms with van der Waals surface area (Å²) in [6.07, 6.45) is 7.71. The average Bonchev–Trinajstić information content (AvgIpc) is 3.63. The van der Waals surface area contributed by atoms with Crippen LogP contribution in [0.15, 0.2) is 24.8 Å². The number of aromatic amines is 1. The van der Waals surface area contributed by atoms with Gasteiger partial charge in [0.05, 0.1) is 25.5 Å². The first-order valence-corrected chi connectivity index (χ1v) is 14.9. The second-order valence-corrected chi connectivity index (χ2v) is 10.8. The van der Waals surface area contributed by atoms with Crippen LogP contribution in [0.1, 0.15) is 57.8 Å². The van der Waals surface area contributed by atoms with Gasteiger partial charge in [0.2, 0.25) is 11.8 Å². The number of fused-ring (bicyclic) bond motifs is 1. The largest absolute Gasteiger partial charge is 0.394 e. The molecule has 4 amide bonds. The smallest absolute Gasteiger partial charge is 0.253 e. The minimum Gasteiger partial charge on any atom is -0.394 e. The number of aliphatic hydroxyl groups excluding tert-OH is 3. The number of unbranched alkanes of at least 4 members (excludes halogenated alkanes) is 7. The maximum atomic E-state index is 12.5. The number of aromatic nitrogens is 4. The topological polar surface area (TPSA) is 232 Å². The summed E-state index contributed by atoms with van der Waals surface area (Å²) in [6, 6.07) is -1.13. The van der Waals surface area contributed by atoms with Crippen LogP contribution >= 0.6 is 0 Å². The summed E-state index contributed by atoms with van der Waals surface area (Å²) in [6.45, 7) is -0.433. The molecule has 1 unspecified atom stereocenters. The van der Waals surface area contributed by atoms with E-state index >= 15 is 0 Å². The zero-order valence-electron chi connectivity index (χ0n) is 24.4. The number of anilines is 1. The van der Waals surface area contributed by atoms with Crippen LogP contribution in [0.5, 0.6) is 0 Å². The molecule has 0 aliphatic carbocycles. The number of aliphatic hydroxyl groups is 3. The molecule has 2 aromatic rings. The lowest BCUT2D eigenvalue weighted by Gasteiger charge is -2.42. The lowest BCUT2D eigenvalue weighted by molar-refractivity contribution is -0.185. The number of carbonyl (C=O) groups is 4. The van der Waals surface area contributed by atoms with Crippen LogP contribution in [-0.4, -0.2) is 114 Å². The molecule has 16 heteroatoms. The first kappa shape index (κ1) is 32.9. The van der Waals surface area contributed by atoms with E-state index in [9.17, 15) is 34.5 Å². The van der Waals surface area contributed by atoms with E-state index in [1.165, 1.54) is 29.7 Å². The number of hydrogen-bond donors (Lipinski definition) is 7. The van der Waals surface area contributed by atoms with Gasteiger partial charge in [-0.2, -0.15) is 0 Å². The highest BCUT2D eigenvalue weighted by Crippen LogP contribution is 2.24. The van der Waals surface area contributed by atoms with E-state index in [0.717, 1.165) is 44.9 Å². The average molecular weight is 617 g/mol. The molecule has 7 N–H and O–H groups in total. The third-order valence-electron chi connectivity index (χ3n) is 7.64. The van der Waals surface area contributed by atoms with Gasteiger partial charge in [0.25, 0.3) is 11.8 Å². The van der Waals surface area contributed by atoms with Crippen molar-refractivity contribution in [3.05, 3.63) is 24.8 Å². The molecule has 0 radical (unpaired) electrons. The zero-order valence-corrected chi connectivity index (χ0v) is 24.4. The molecular weight excluding hydrogens is 576 g/mol. The van der Waals surface area contributed by atoms with Crippen LogP contribution in [0.3, 0.4) is 0 Å². The molecule has 0 spiro atoms. The van der Waals surface area contributed by atoms with Gasteiger partial charge in [0, 0.05) is 25.1 Å².